The molecule has 0 saturated heterocycles. The van der Waals surface area contributed by atoms with Crippen molar-refractivity contribution in [1.82, 2.24) is 5.32 Å². The molecule has 0 fully saturated rings. The molecule has 0 heterocycles. The Bertz CT molecular complexity index is 653. The first kappa shape index (κ1) is 22.6. The Morgan fingerprint density at radius 3 is 2.15 bits per heavy atom. The van der Waals surface area contributed by atoms with Crippen molar-refractivity contribution >= 4 is 12.4 Å². The molecule has 0 aliphatic carbocycles. The van der Waals surface area contributed by atoms with Gasteiger partial charge in [0, 0.05) is 18.0 Å². The van der Waals surface area contributed by atoms with Crippen LogP contribution in [-0.4, -0.2) is 19.7 Å². The Hall–Kier alpha value is -1.49. The Balaban J connectivity index is 0.00000338. The van der Waals surface area contributed by atoms with Gasteiger partial charge in [-0.2, -0.15) is 0 Å². The van der Waals surface area contributed by atoms with Gasteiger partial charge in [-0.1, -0.05) is 31.2 Å². The van der Waals surface area contributed by atoms with Crippen LogP contribution in [0, 0.1) is 25.5 Å². The summed E-state index contributed by atoms with van der Waals surface area (Å²) in [5.41, 5.74) is 3.66. The van der Waals surface area contributed by atoms with Crippen molar-refractivity contribution in [2.75, 3.05) is 19.7 Å². The predicted octanol–water partition coefficient (Wildman–Crippen LogP) is 5.30. The Morgan fingerprint density at radius 2 is 1.58 bits per heavy atom. The van der Waals surface area contributed by atoms with Crippen LogP contribution in [-0.2, 0) is 11.3 Å². The number of ether oxygens (including phenoxy) is 1. The van der Waals surface area contributed by atoms with Crippen molar-refractivity contribution in [3.05, 3.63) is 70.3 Å². The first-order valence-corrected chi connectivity index (χ1v) is 8.82. The van der Waals surface area contributed by atoms with Gasteiger partial charge < -0.3 is 10.1 Å². The number of hydrogen-bond donors (Lipinski definition) is 1. The fraction of sp³-hybridized carbons (Fsp3) is 0.429. The van der Waals surface area contributed by atoms with Crippen LogP contribution >= 0.6 is 12.4 Å². The summed E-state index contributed by atoms with van der Waals surface area (Å²) in [6.07, 6.45) is 1.06. The Kier molecular flexibility index (Phi) is 9.78. The van der Waals surface area contributed by atoms with Gasteiger partial charge in [0.05, 0.1) is 13.2 Å². The van der Waals surface area contributed by atoms with Crippen molar-refractivity contribution < 1.29 is 13.5 Å². The molecule has 0 bridgehead atoms. The fourth-order valence-electron chi connectivity index (χ4n) is 3.14. The lowest BCUT2D eigenvalue weighted by Gasteiger charge is -2.22. The Labute approximate surface area is 161 Å². The Morgan fingerprint density at radius 1 is 1.00 bits per heavy atom. The molecular formula is C21H28ClF2NO. The molecule has 0 aliphatic rings. The van der Waals surface area contributed by atoms with E-state index in [2.05, 4.69) is 38.2 Å². The molecule has 0 spiro atoms. The van der Waals surface area contributed by atoms with Crippen LogP contribution in [0.1, 0.15) is 41.5 Å². The van der Waals surface area contributed by atoms with Gasteiger partial charge in [0.15, 0.2) is 0 Å². The SMILES string of the molecule is CCCNCC(COCc1c(F)cccc1F)c1c(C)cccc1C.Cl. The molecule has 2 aromatic carbocycles. The third-order valence-electron chi connectivity index (χ3n) is 4.40. The number of rotatable bonds is 9. The van der Waals surface area contributed by atoms with Crippen LogP contribution in [0.15, 0.2) is 36.4 Å². The lowest BCUT2D eigenvalue weighted by molar-refractivity contribution is 0.101. The highest BCUT2D eigenvalue weighted by atomic mass is 35.5. The first-order valence-electron chi connectivity index (χ1n) is 8.82. The van der Waals surface area contributed by atoms with Crippen molar-refractivity contribution in [1.29, 1.82) is 0 Å². The molecule has 2 rings (SSSR count). The largest absolute Gasteiger partial charge is 0.376 e. The van der Waals surface area contributed by atoms with E-state index in [1.165, 1.54) is 34.9 Å². The van der Waals surface area contributed by atoms with E-state index >= 15 is 0 Å². The maximum atomic E-state index is 13.7. The molecule has 5 heteroatoms. The lowest BCUT2D eigenvalue weighted by atomic mass is 9.91. The quantitative estimate of drug-likeness (QED) is 0.593. The van der Waals surface area contributed by atoms with Gasteiger partial charge in [-0.25, -0.2) is 8.78 Å². The number of halogens is 3. The number of hydrogen-bond acceptors (Lipinski definition) is 2. The molecular weight excluding hydrogens is 356 g/mol. The van der Waals surface area contributed by atoms with Gasteiger partial charge in [-0.3, -0.25) is 0 Å². The minimum absolute atomic E-state index is 0. The molecule has 2 aromatic rings. The monoisotopic (exact) mass is 383 g/mol. The second kappa shape index (κ2) is 11.3. The van der Waals surface area contributed by atoms with Crippen molar-refractivity contribution in [2.45, 2.75) is 39.7 Å². The molecule has 0 radical (unpaired) electrons. The van der Waals surface area contributed by atoms with Crippen molar-refractivity contribution in [3.63, 3.8) is 0 Å². The standard InChI is InChI=1S/C21H27F2NO.ClH/c1-4-11-24-12-17(21-15(2)7-5-8-16(21)3)13-25-14-18-19(22)9-6-10-20(18)23;/h5-10,17,24H,4,11-14H2,1-3H3;1H. The zero-order valence-electron chi connectivity index (χ0n) is 15.6. The van der Waals surface area contributed by atoms with Crippen LogP contribution in [0.5, 0.6) is 0 Å². The van der Waals surface area contributed by atoms with Crippen LogP contribution in [0.2, 0.25) is 0 Å². The highest BCUT2D eigenvalue weighted by molar-refractivity contribution is 5.85. The molecule has 0 saturated carbocycles. The van der Waals surface area contributed by atoms with E-state index in [4.69, 9.17) is 4.74 Å². The summed E-state index contributed by atoms with van der Waals surface area (Å²) in [7, 11) is 0. The number of nitrogens with one attached hydrogen (secondary N) is 1. The molecule has 1 unspecified atom stereocenters. The topological polar surface area (TPSA) is 21.3 Å². The van der Waals surface area contributed by atoms with E-state index in [9.17, 15) is 8.78 Å². The van der Waals surface area contributed by atoms with Gasteiger partial charge >= 0.3 is 0 Å². The van der Waals surface area contributed by atoms with E-state index in [-0.39, 0.29) is 30.5 Å². The molecule has 0 amide bonds. The second-order valence-corrected chi connectivity index (χ2v) is 6.42. The van der Waals surface area contributed by atoms with E-state index in [0.29, 0.717) is 6.61 Å². The van der Waals surface area contributed by atoms with Crippen LogP contribution in [0.3, 0.4) is 0 Å². The third kappa shape index (κ3) is 6.04. The summed E-state index contributed by atoms with van der Waals surface area (Å²) in [4.78, 5) is 0. The summed E-state index contributed by atoms with van der Waals surface area (Å²) in [5.74, 6) is -0.983. The zero-order valence-corrected chi connectivity index (χ0v) is 16.5. The van der Waals surface area contributed by atoms with Crippen LogP contribution in [0.25, 0.3) is 0 Å². The fourth-order valence-corrected chi connectivity index (χ4v) is 3.14. The van der Waals surface area contributed by atoms with E-state index in [0.717, 1.165) is 19.5 Å². The zero-order chi connectivity index (χ0) is 18.2. The predicted molar refractivity (Wildman–Crippen MR) is 105 cm³/mol. The minimum Gasteiger partial charge on any atom is -0.376 e. The molecule has 26 heavy (non-hydrogen) atoms. The van der Waals surface area contributed by atoms with E-state index < -0.39 is 11.6 Å². The highest BCUT2D eigenvalue weighted by Gasteiger charge is 2.17. The average molecular weight is 384 g/mol. The van der Waals surface area contributed by atoms with E-state index in [1.807, 2.05) is 6.07 Å². The smallest absolute Gasteiger partial charge is 0.131 e. The van der Waals surface area contributed by atoms with Gasteiger partial charge in [-0.05, 0) is 55.6 Å². The van der Waals surface area contributed by atoms with Gasteiger partial charge in [-0.15, -0.1) is 12.4 Å². The molecule has 0 aromatic heterocycles. The van der Waals surface area contributed by atoms with Crippen molar-refractivity contribution in [2.24, 2.45) is 0 Å². The van der Waals surface area contributed by atoms with Crippen LogP contribution in [0.4, 0.5) is 8.78 Å². The second-order valence-electron chi connectivity index (χ2n) is 6.42. The normalized spacial score (nSPS) is 11.9. The maximum absolute atomic E-state index is 13.7. The summed E-state index contributed by atoms with van der Waals surface area (Å²) in [5, 5.41) is 3.43. The number of aryl methyl sites for hydroxylation is 2. The van der Waals surface area contributed by atoms with Gasteiger partial charge in [0.2, 0.25) is 0 Å². The van der Waals surface area contributed by atoms with Gasteiger partial charge in [0.25, 0.3) is 0 Å². The van der Waals surface area contributed by atoms with Crippen LogP contribution < -0.4 is 5.32 Å². The summed E-state index contributed by atoms with van der Waals surface area (Å²) < 4.78 is 33.2. The summed E-state index contributed by atoms with van der Waals surface area (Å²) >= 11 is 0. The third-order valence-corrected chi connectivity index (χ3v) is 4.40. The van der Waals surface area contributed by atoms with Gasteiger partial charge in [0.1, 0.15) is 11.6 Å². The van der Waals surface area contributed by atoms with Crippen molar-refractivity contribution in [3.8, 4) is 0 Å². The highest BCUT2D eigenvalue weighted by Crippen LogP contribution is 2.24. The molecule has 144 valence electrons. The molecule has 2 nitrogen and oxygen atoms in total. The maximum Gasteiger partial charge on any atom is 0.131 e. The molecule has 1 atom stereocenters. The molecule has 0 aliphatic heterocycles. The summed E-state index contributed by atoms with van der Waals surface area (Å²) in [6, 6.07) is 10.1. The first-order chi connectivity index (χ1) is 12.0. The minimum atomic E-state index is -0.562. The lowest BCUT2D eigenvalue weighted by Crippen LogP contribution is -2.26. The molecule has 1 N–H and O–H groups in total. The number of benzene rings is 2. The summed E-state index contributed by atoms with van der Waals surface area (Å²) in [6.45, 7) is 8.36. The average Bonchev–Trinajstić information content (AvgIpc) is 2.57. The van der Waals surface area contributed by atoms with E-state index in [1.54, 1.807) is 0 Å².